The van der Waals surface area contributed by atoms with Gasteiger partial charge in [0, 0.05) is 19.1 Å². The SMILES string of the molecule is C(=C\C1CCOC1)/C1CCNC1. The van der Waals surface area contributed by atoms with Gasteiger partial charge in [-0.2, -0.15) is 0 Å². The molecule has 12 heavy (non-hydrogen) atoms. The van der Waals surface area contributed by atoms with Gasteiger partial charge < -0.3 is 10.1 Å². The van der Waals surface area contributed by atoms with Crippen molar-refractivity contribution in [2.75, 3.05) is 26.3 Å². The van der Waals surface area contributed by atoms with Crippen LogP contribution in [0.3, 0.4) is 0 Å². The first-order chi connectivity index (χ1) is 5.95. The summed E-state index contributed by atoms with van der Waals surface area (Å²) < 4.78 is 5.31. The summed E-state index contributed by atoms with van der Waals surface area (Å²) in [6.45, 7) is 4.26. The maximum absolute atomic E-state index is 5.31. The zero-order valence-electron chi connectivity index (χ0n) is 7.46. The van der Waals surface area contributed by atoms with E-state index in [4.69, 9.17) is 4.74 Å². The summed E-state index contributed by atoms with van der Waals surface area (Å²) in [5.41, 5.74) is 0. The molecule has 0 aromatic carbocycles. The molecule has 2 atom stereocenters. The van der Waals surface area contributed by atoms with Crippen molar-refractivity contribution in [1.29, 1.82) is 0 Å². The lowest BCUT2D eigenvalue weighted by molar-refractivity contribution is 0.191. The van der Waals surface area contributed by atoms with Crippen molar-refractivity contribution in [3.8, 4) is 0 Å². The van der Waals surface area contributed by atoms with Gasteiger partial charge in [-0.3, -0.25) is 0 Å². The van der Waals surface area contributed by atoms with E-state index in [1.807, 2.05) is 0 Å². The zero-order chi connectivity index (χ0) is 8.23. The van der Waals surface area contributed by atoms with Gasteiger partial charge in [0.2, 0.25) is 0 Å². The molecule has 2 aliphatic heterocycles. The summed E-state index contributed by atoms with van der Waals surface area (Å²) in [6.07, 6.45) is 7.25. The Labute approximate surface area is 74.0 Å². The molecule has 2 fully saturated rings. The van der Waals surface area contributed by atoms with Crippen LogP contribution in [0.1, 0.15) is 12.8 Å². The van der Waals surface area contributed by atoms with Crippen LogP contribution in [0.4, 0.5) is 0 Å². The highest BCUT2D eigenvalue weighted by Gasteiger charge is 2.14. The molecule has 0 aliphatic carbocycles. The first kappa shape index (κ1) is 8.27. The Hall–Kier alpha value is -0.340. The van der Waals surface area contributed by atoms with Crippen molar-refractivity contribution < 1.29 is 4.74 Å². The van der Waals surface area contributed by atoms with E-state index in [1.165, 1.54) is 25.9 Å². The van der Waals surface area contributed by atoms with Gasteiger partial charge in [0.1, 0.15) is 0 Å². The molecule has 0 radical (unpaired) electrons. The fourth-order valence-corrected chi connectivity index (χ4v) is 1.86. The topological polar surface area (TPSA) is 21.3 Å². The van der Waals surface area contributed by atoms with Crippen LogP contribution < -0.4 is 5.32 Å². The molecular formula is C10H17NO. The number of nitrogens with one attached hydrogen (secondary N) is 1. The average molecular weight is 167 g/mol. The lowest BCUT2D eigenvalue weighted by Gasteiger charge is -2.02. The molecule has 0 spiro atoms. The highest BCUT2D eigenvalue weighted by Crippen LogP contribution is 2.16. The summed E-state index contributed by atoms with van der Waals surface area (Å²) >= 11 is 0. The molecule has 0 amide bonds. The van der Waals surface area contributed by atoms with Gasteiger partial charge in [-0.25, -0.2) is 0 Å². The Balaban J connectivity index is 1.75. The Bertz CT molecular complexity index is 137. The van der Waals surface area contributed by atoms with E-state index in [1.54, 1.807) is 0 Å². The highest BCUT2D eigenvalue weighted by atomic mass is 16.5. The van der Waals surface area contributed by atoms with Gasteiger partial charge >= 0.3 is 0 Å². The Morgan fingerprint density at radius 1 is 1.17 bits per heavy atom. The smallest absolute Gasteiger partial charge is 0.0529 e. The van der Waals surface area contributed by atoms with Crippen LogP contribution in [0.25, 0.3) is 0 Å². The minimum atomic E-state index is 0.700. The summed E-state index contributed by atoms with van der Waals surface area (Å²) in [4.78, 5) is 0. The minimum absolute atomic E-state index is 0.700. The fourth-order valence-electron chi connectivity index (χ4n) is 1.86. The molecule has 2 heterocycles. The largest absolute Gasteiger partial charge is 0.381 e. The molecule has 2 unspecified atom stereocenters. The second-order valence-corrected chi connectivity index (χ2v) is 3.76. The van der Waals surface area contributed by atoms with Crippen LogP contribution in [-0.4, -0.2) is 26.3 Å². The molecule has 0 aromatic rings. The summed E-state index contributed by atoms with van der Waals surface area (Å²) in [7, 11) is 0. The molecule has 2 heteroatoms. The predicted octanol–water partition coefficient (Wildman–Crippen LogP) is 1.19. The van der Waals surface area contributed by atoms with Gasteiger partial charge in [-0.15, -0.1) is 0 Å². The molecular weight excluding hydrogens is 150 g/mol. The number of ether oxygens (including phenoxy) is 1. The van der Waals surface area contributed by atoms with Gasteiger partial charge in [0.15, 0.2) is 0 Å². The molecule has 1 N–H and O–H groups in total. The molecule has 2 aliphatic rings. The third kappa shape index (κ3) is 2.08. The van der Waals surface area contributed by atoms with E-state index in [9.17, 15) is 0 Å². The monoisotopic (exact) mass is 167 g/mol. The van der Waals surface area contributed by atoms with Crippen LogP contribution in [0.5, 0.6) is 0 Å². The van der Waals surface area contributed by atoms with Crippen LogP contribution >= 0.6 is 0 Å². The van der Waals surface area contributed by atoms with Crippen molar-refractivity contribution in [2.45, 2.75) is 12.8 Å². The third-order valence-corrected chi connectivity index (χ3v) is 2.72. The van der Waals surface area contributed by atoms with Crippen molar-refractivity contribution in [2.24, 2.45) is 11.8 Å². The predicted molar refractivity (Wildman–Crippen MR) is 49.0 cm³/mol. The molecule has 0 aromatic heterocycles. The average Bonchev–Trinajstić information content (AvgIpc) is 2.74. The Kier molecular flexibility index (Phi) is 2.79. The standard InChI is InChI=1S/C10H17NO/c1(9-3-5-11-7-9)2-10-4-6-12-8-10/h1-2,9-11H,3-8H2/b2-1+. The fraction of sp³-hybridized carbons (Fsp3) is 0.800. The Morgan fingerprint density at radius 2 is 2.08 bits per heavy atom. The molecule has 0 saturated carbocycles. The van der Waals surface area contributed by atoms with Crippen LogP contribution in [-0.2, 0) is 4.74 Å². The van der Waals surface area contributed by atoms with E-state index in [0.717, 1.165) is 19.1 Å². The van der Waals surface area contributed by atoms with Crippen LogP contribution in [0.15, 0.2) is 12.2 Å². The molecule has 2 rings (SSSR count). The van der Waals surface area contributed by atoms with Gasteiger partial charge in [0.25, 0.3) is 0 Å². The third-order valence-electron chi connectivity index (χ3n) is 2.72. The first-order valence-corrected chi connectivity index (χ1v) is 4.92. The van der Waals surface area contributed by atoms with Crippen LogP contribution in [0.2, 0.25) is 0 Å². The maximum Gasteiger partial charge on any atom is 0.0529 e. The van der Waals surface area contributed by atoms with E-state index in [0.29, 0.717) is 5.92 Å². The van der Waals surface area contributed by atoms with Gasteiger partial charge in [-0.05, 0) is 25.3 Å². The molecule has 68 valence electrons. The number of rotatable bonds is 2. The van der Waals surface area contributed by atoms with Gasteiger partial charge in [0.05, 0.1) is 6.61 Å². The lowest BCUT2D eigenvalue weighted by Crippen LogP contribution is -2.07. The molecule has 2 saturated heterocycles. The maximum atomic E-state index is 5.31. The quantitative estimate of drug-likeness (QED) is 0.624. The highest BCUT2D eigenvalue weighted by molar-refractivity contribution is 4.96. The van der Waals surface area contributed by atoms with Crippen molar-refractivity contribution in [1.82, 2.24) is 5.32 Å². The van der Waals surface area contributed by atoms with E-state index >= 15 is 0 Å². The summed E-state index contributed by atoms with van der Waals surface area (Å²) in [5, 5.41) is 3.37. The normalized spacial score (nSPS) is 36.7. The number of hydrogen-bond acceptors (Lipinski definition) is 2. The number of hydrogen-bond donors (Lipinski definition) is 1. The van der Waals surface area contributed by atoms with Crippen LogP contribution in [0, 0.1) is 11.8 Å². The Morgan fingerprint density at radius 3 is 2.75 bits per heavy atom. The molecule has 2 nitrogen and oxygen atoms in total. The second-order valence-electron chi connectivity index (χ2n) is 3.76. The summed E-state index contributed by atoms with van der Waals surface area (Å²) in [6, 6.07) is 0. The first-order valence-electron chi connectivity index (χ1n) is 4.92. The second kappa shape index (κ2) is 4.06. The zero-order valence-corrected chi connectivity index (χ0v) is 7.46. The van der Waals surface area contributed by atoms with E-state index < -0.39 is 0 Å². The van der Waals surface area contributed by atoms with Crippen molar-refractivity contribution in [3.05, 3.63) is 12.2 Å². The summed E-state index contributed by atoms with van der Waals surface area (Å²) in [5.74, 6) is 1.48. The van der Waals surface area contributed by atoms with Gasteiger partial charge in [-0.1, -0.05) is 12.2 Å². The van der Waals surface area contributed by atoms with E-state index in [2.05, 4.69) is 17.5 Å². The van der Waals surface area contributed by atoms with E-state index in [-0.39, 0.29) is 0 Å². The lowest BCUT2D eigenvalue weighted by atomic mass is 10.0. The van der Waals surface area contributed by atoms with Crippen molar-refractivity contribution >= 4 is 0 Å². The molecule has 0 bridgehead atoms. The minimum Gasteiger partial charge on any atom is -0.381 e. The van der Waals surface area contributed by atoms with Crippen molar-refractivity contribution in [3.63, 3.8) is 0 Å².